The van der Waals surface area contributed by atoms with Crippen molar-refractivity contribution in [1.29, 1.82) is 0 Å². The number of anilines is 1. The molecule has 1 aromatic heterocycles. The number of carbonyl (C=O) groups excluding carboxylic acids is 2. The number of unbranched alkanes of at least 4 members (excludes halogenated alkanes) is 14. The molecule has 2 heterocycles. The standard InChI is InChI=1S/C39H55N7O6S/c1-5-6-7-8-9-10-11-12-13-14-15-16-17-18-22-25-35(47)40-38-37(42-41-36-29(2)43-45(4)30(36)3)39(48)46(44-38)31-26-27-33(34(28-31)53(49,50)51)52-32-23-20-19-21-24-32/h19-21,23-24,26-28,37H,5-18,22,25H2,1-4H3,(H,40,44,47)(H,49,50,51)/t37-/m1/s1. The molecule has 2 N–H and O–H groups in total. The summed E-state index contributed by atoms with van der Waals surface area (Å²) in [6.07, 6.45) is 18.6. The first kappa shape index (κ1) is 41.3. The summed E-state index contributed by atoms with van der Waals surface area (Å²) in [5.41, 5.74) is 1.84. The highest BCUT2D eigenvalue weighted by molar-refractivity contribution is 7.86. The van der Waals surface area contributed by atoms with E-state index in [-0.39, 0.29) is 29.6 Å². The molecule has 13 nitrogen and oxygen atoms in total. The van der Waals surface area contributed by atoms with E-state index >= 15 is 0 Å². The first-order chi connectivity index (χ1) is 25.5. The number of hydrogen-bond acceptors (Lipinski definition) is 9. The van der Waals surface area contributed by atoms with Crippen LogP contribution in [0.1, 0.15) is 121 Å². The lowest BCUT2D eigenvalue weighted by molar-refractivity contribution is -0.119. The van der Waals surface area contributed by atoms with Gasteiger partial charge < -0.3 is 10.1 Å². The zero-order chi connectivity index (χ0) is 38.2. The molecule has 0 unspecified atom stereocenters. The minimum atomic E-state index is -4.78. The lowest BCUT2D eigenvalue weighted by Crippen LogP contribution is -2.39. The number of benzene rings is 2. The quantitative estimate of drug-likeness (QED) is 0.0586. The van der Waals surface area contributed by atoms with Crippen LogP contribution in [0.25, 0.3) is 0 Å². The van der Waals surface area contributed by atoms with Crippen molar-refractivity contribution < 1.29 is 27.3 Å². The first-order valence-corrected chi connectivity index (χ1v) is 20.4. The number of aryl methyl sites for hydroxylation is 2. The van der Waals surface area contributed by atoms with E-state index in [0.29, 0.717) is 23.6 Å². The molecule has 0 saturated carbocycles. The largest absolute Gasteiger partial charge is 0.456 e. The van der Waals surface area contributed by atoms with Crippen LogP contribution in [-0.4, -0.2) is 46.4 Å². The number of rotatable bonds is 22. The maximum absolute atomic E-state index is 13.8. The topological polar surface area (TPSA) is 168 Å². The smallest absolute Gasteiger partial charge is 0.298 e. The van der Waals surface area contributed by atoms with Gasteiger partial charge in [-0.25, -0.2) is 0 Å². The van der Waals surface area contributed by atoms with Crippen molar-refractivity contribution in [2.75, 3.05) is 5.01 Å². The van der Waals surface area contributed by atoms with Crippen molar-refractivity contribution in [2.24, 2.45) is 22.4 Å². The van der Waals surface area contributed by atoms with Crippen LogP contribution < -0.4 is 15.1 Å². The zero-order valence-electron chi connectivity index (χ0n) is 31.6. The zero-order valence-corrected chi connectivity index (χ0v) is 32.4. The third-order valence-electron chi connectivity index (χ3n) is 9.35. The summed E-state index contributed by atoms with van der Waals surface area (Å²) in [7, 11) is -3.01. The van der Waals surface area contributed by atoms with E-state index < -0.39 is 27.0 Å². The molecule has 53 heavy (non-hydrogen) atoms. The lowest BCUT2D eigenvalue weighted by Gasteiger charge is -2.15. The maximum atomic E-state index is 13.8. The molecule has 1 aliphatic heterocycles. The van der Waals surface area contributed by atoms with Gasteiger partial charge in [-0.05, 0) is 50.6 Å². The van der Waals surface area contributed by atoms with E-state index in [9.17, 15) is 22.6 Å². The fourth-order valence-electron chi connectivity index (χ4n) is 6.24. The Morgan fingerprint density at radius 2 is 1.47 bits per heavy atom. The highest BCUT2D eigenvalue weighted by atomic mass is 32.2. The van der Waals surface area contributed by atoms with E-state index in [1.807, 2.05) is 6.92 Å². The van der Waals surface area contributed by atoms with Crippen molar-refractivity contribution in [3.63, 3.8) is 0 Å². The maximum Gasteiger partial charge on any atom is 0.298 e. The Morgan fingerprint density at radius 3 is 2.02 bits per heavy atom. The Bertz CT molecular complexity index is 1820. The SMILES string of the molecule is CCCCCCCCCCCCCCCCCC(=O)NC1=NN(c2ccc(Oc3ccccc3)c(S(=O)(=O)O)c2)C(=O)[C@@H]1N=Nc1c(C)nn(C)c1C. The molecule has 0 bridgehead atoms. The number of hydrazone groups is 1. The Morgan fingerprint density at radius 1 is 0.887 bits per heavy atom. The Balaban J connectivity index is 1.36. The summed E-state index contributed by atoms with van der Waals surface area (Å²) in [6.45, 7) is 5.84. The van der Waals surface area contributed by atoms with E-state index in [1.54, 1.807) is 49.0 Å². The number of nitrogens with one attached hydrogen (secondary N) is 1. The van der Waals surface area contributed by atoms with Crippen molar-refractivity contribution in [3.8, 4) is 11.5 Å². The molecular formula is C39H55N7O6S. The molecule has 3 aromatic rings. The minimum absolute atomic E-state index is 0.0173. The highest BCUT2D eigenvalue weighted by Gasteiger charge is 2.39. The average molecular weight is 750 g/mol. The summed E-state index contributed by atoms with van der Waals surface area (Å²) in [4.78, 5) is 26.3. The third-order valence-corrected chi connectivity index (χ3v) is 10.2. The number of amides is 2. The van der Waals surface area contributed by atoms with Gasteiger partial charge in [0.25, 0.3) is 16.0 Å². The van der Waals surface area contributed by atoms with Crippen molar-refractivity contribution in [1.82, 2.24) is 15.1 Å². The number of azo groups is 1. The summed E-state index contributed by atoms with van der Waals surface area (Å²) in [5, 5.41) is 21.0. The number of nitrogens with zero attached hydrogens (tertiary/aromatic N) is 6. The predicted octanol–water partition coefficient (Wildman–Crippen LogP) is 9.27. The number of amidine groups is 1. The van der Waals surface area contributed by atoms with Crippen molar-refractivity contribution in [2.45, 2.75) is 134 Å². The number of carbonyl (C=O) groups is 2. The van der Waals surface area contributed by atoms with Gasteiger partial charge in [0.05, 0.1) is 17.1 Å². The van der Waals surface area contributed by atoms with Crippen molar-refractivity contribution >= 4 is 39.1 Å². The molecule has 14 heteroatoms. The molecule has 1 aliphatic rings. The summed E-state index contributed by atoms with van der Waals surface area (Å²) in [6, 6.07) is 11.0. The van der Waals surface area contributed by atoms with E-state index in [0.717, 1.165) is 36.0 Å². The average Bonchev–Trinajstić information content (AvgIpc) is 3.56. The van der Waals surface area contributed by atoms with E-state index in [4.69, 9.17) is 4.74 Å². The highest BCUT2D eigenvalue weighted by Crippen LogP contribution is 2.34. The van der Waals surface area contributed by atoms with Crippen LogP contribution in [0.2, 0.25) is 0 Å². The van der Waals surface area contributed by atoms with Gasteiger partial charge in [0.15, 0.2) is 5.84 Å². The fourth-order valence-corrected chi connectivity index (χ4v) is 6.88. The molecule has 288 valence electrons. The van der Waals surface area contributed by atoms with Gasteiger partial charge in [0, 0.05) is 13.5 Å². The molecule has 0 spiro atoms. The third kappa shape index (κ3) is 12.6. The normalized spacial score (nSPS) is 14.7. The van der Waals surface area contributed by atoms with Crippen LogP contribution in [0.5, 0.6) is 11.5 Å². The summed E-state index contributed by atoms with van der Waals surface area (Å²) in [5.74, 6) is -0.822. The van der Waals surface area contributed by atoms with Crippen LogP contribution >= 0.6 is 0 Å². The van der Waals surface area contributed by atoms with Crippen LogP contribution in [0.3, 0.4) is 0 Å². The molecule has 4 rings (SSSR count). The van der Waals surface area contributed by atoms with Gasteiger partial charge in [-0.3, -0.25) is 18.8 Å². The number of hydrogen-bond donors (Lipinski definition) is 2. The molecule has 0 aliphatic carbocycles. The second kappa shape index (κ2) is 20.7. The molecular weight excluding hydrogens is 695 g/mol. The second-order valence-electron chi connectivity index (χ2n) is 13.7. The Labute approximate surface area is 314 Å². The predicted molar refractivity (Wildman–Crippen MR) is 206 cm³/mol. The van der Waals surface area contributed by atoms with Crippen LogP contribution in [0.15, 0.2) is 68.8 Å². The van der Waals surface area contributed by atoms with Crippen molar-refractivity contribution in [3.05, 3.63) is 59.9 Å². The number of para-hydroxylation sites is 1. The van der Waals surface area contributed by atoms with Gasteiger partial charge in [-0.2, -0.15) is 28.8 Å². The lowest BCUT2D eigenvalue weighted by atomic mass is 10.0. The van der Waals surface area contributed by atoms with Crippen LogP contribution in [-0.2, 0) is 26.8 Å². The Kier molecular flexibility index (Phi) is 16.2. The first-order valence-electron chi connectivity index (χ1n) is 19.0. The number of ether oxygens (including phenoxy) is 1. The molecule has 0 fully saturated rings. The number of aromatic nitrogens is 2. The van der Waals surface area contributed by atoms with Gasteiger partial charge in [-0.15, -0.1) is 5.10 Å². The Hall–Kier alpha value is -4.43. The van der Waals surface area contributed by atoms with Crippen LogP contribution in [0.4, 0.5) is 11.4 Å². The second-order valence-corrected chi connectivity index (χ2v) is 15.1. The summed E-state index contributed by atoms with van der Waals surface area (Å²) >= 11 is 0. The minimum Gasteiger partial charge on any atom is -0.456 e. The van der Waals surface area contributed by atoms with Gasteiger partial charge in [0.1, 0.15) is 22.1 Å². The van der Waals surface area contributed by atoms with Gasteiger partial charge in [0.2, 0.25) is 11.9 Å². The monoisotopic (exact) mass is 749 g/mol. The molecule has 1 atom stereocenters. The molecule has 0 radical (unpaired) electrons. The summed E-state index contributed by atoms with van der Waals surface area (Å²) < 4.78 is 42.2. The van der Waals surface area contributed by atoms with Gasteiger partial charge in [-0.1, -0.05) is 115 Å². The van der Waals surface area contributed by atoms with Crippen LogP contribution in [0, 0.1) is 13.8 Å². The van der Waals surface area contributed by atoms with E-state index in [1.165, 1.54) is 82.8 Å². The fraction of sp³-hybridized carbons (Fsp3) is 0.538. The molecule has 0 saturated heterocycles. The van der Waals surface area contributed by atoms with E-state index in [2.05, 4.69) is 32.7 Å². The molecule has 2 amide bonds. The molecule has 2 aromatic carbocycles. The van der Waals surface area contributed by atoms with Gasteiger partial charge >= 0.3 is 0 Å².